The third-order valence-corrected chi connectivity index (χ3v) is 2.47. The van der Waals surface area contributed by atoms with Crippen LogP contribution < -0.4 is 5.73 Å². The van der Waals surface area contributed by atoms with Gasteiger partial charge in [0.25, 0.3) is 0 Å². The number of furan rings is 1. The summed E-state index contributed by atoms with van der Waals surface area (Å²) >= 11 is 0. The Morgan fingerprint density at radius 3 is 2.73 bits per heavy atom. The van der Waals surface area contributed by atoms with E-state index in [1.54, 1.807) is 18.6 Å². The van der Waals surface area contributed by atoms with Crippen LogP contribution in [0, 0.1) is 12.7 Å². The Bertz CT molecular complexity index is 451. The van der Waals surface area contributed by atoms with Crippen molar-refractivity contribution in [1.82, 2.24) is 0 Å². The van der Waals surface area contributed by atoms with Gasteiger partial charge in [0.1, 0.15) is 5.82 Å². The highest BCUT2D eigenvalue weighted by Crippen LogP contribution is 2.23. The SMILES string of the molecule is Cc1cc(F)ccc1C(N)c1ccoc1. The van der Waals surface area contributed by atoms with Crippen molar-refractivity contribution in [1.29, 1.82) is 0 Å². The Morgan fingerprint density at radius 2 is 2.13 bits per heavy atom. The molecule has 1 aromatic carbocycles. The molecule has 0 amide bonds. The van der Waals surface area contributed by atoms with Crippen molar-refractivity contribution in [3.8, 4) is 0 Å². The first kappa shape index (κ1) is 9.93. The van der Waals surface area contributed by atoms with Crippen molar-refractivity contribution < 1.29 is 8.81 Å². The monoisotopic (exact) mass is 205 g/mol. The fourth-order valence-corrected chi connectivity index (χ4v) is 1.62. The van der Waals surface area contributed by atoms with E-state index in [2.05, 4.69) is 0 Å². The molecule has 0 radical (unpaired) electrons. The smallest absolute Gasteiger partial charge is 0.123 e. The zero-order valence-electron chi connectivity index (χ0n) is 8.41. The van der Waals surface area contributed by atoms with E-state index in [1.807, 2.05) is 13.0 Å². The first-order chi connectivity index (χ1) is 7.18. The van der Waals surface area contributed by atoms with Crippen LogP contribution in [0.4, 0.5) is 4.39 Å². The predicted octanol–water partition coefficient (Wildman–Crippen LogP) is 2.78. The lowest BCUT2D eigenvalue weighted by Gasteiger charge is -2.12. The van der Waals surface area contributed by atoms with E-state index in [9.17, 15) is 4.39 Å². The minimum atomic E-state index is -0.260. The molecule has 2 nitrogen and oxygen atoms in total. The van der Waals surface area contributed by atoms with E-state index in [0.29, 0.717) is 0 Å². The van der Waals surface area contributed by atoms with E-state index in [0.717, 1.165) is 16.7 Å². The Morgan fingerprint density at radius 1 is 1.33 bits per heavy atom. The molecule has 1 heterocycles. The van der Waals surface area contributed by atoms with Gasteiger partial charge in [0.05, 0.1) is 18.6 Å². The molecule has 0 aliphatic heterocycles. The highest BCUT2D eigenvalue weighted by atomic mass is 19.1. The molecule has 0 aliphatic carbocycles. The minimum absolute atomic E-state index is 0.240. The number of hydrogen-bond acceptors (Lipinski definition) is 2. The molecule has 1 atom stereocenters. The summed E-state index contributed by atoms with van der Waals surface area (Å²) in [5.74, 6) is -0.240. The third kappa shape index (κ3) is 1.92. The van der Waals surface area contributed by atoms with Gasteiger partial charge >= 0.3 is 0 Å². The molecule has 1 aromatic heterocycles. The molecule has 78 valence electrons. The van der Waals surface area contributed by atoms with Gasteiger partial charge in [0, 0.05) is 5.56 Å². The van der Waals surface area contributed by atoms with Gasteiger partial charge in [-0.2, -0.15) is 0 Å². The molecule has 0 bridgehead atoms. The lowest BCUT2D eigenvalue weighted by atomic mass is 9.98. The van der Waals surface area contributed by atoms with Gasteiger partial charge in [0.15, 0.2) is 0 Å². The zero-order valence-corrected chi connectivity index (χ0v) is 8.41. The second-order valence-electron chi connectivity index (χ2n) is 3.54. The molecule has 0 saturated heterocycles. The molecule has 0 fully saturated rings. The number of nitrogens with two attached hydrogens (primary N) is 1. The first-order valence-corrected chi connectivity index (χ1v) is 4.72. The normalized spacial score (nSPS) is 12.7. The van der Waals surface area contributed by atoms with E-state index in [4.69, 9.17) is 10.2 Å². The molecule has 0 saturated carbocycles. The number of aryl methyl sites for hydroxylation is 1. The van der Waals surface area contributed by atoms with Crippen molar-refractivity contribution in [3.05, 3.63) is 59.3 Å². The number of benzene rings is 1. The van der Waals surface area contributed by atoms with Crippen LogP contribution in [0.3, 0.4) is 0 Å². The third-order valence-electron chi connectivity index (χ3n) is 2.47. The second-order valence-corrected chi connectivity index (χ2v) is 3.54. The van der Waals surface area contributed by atoms with Crippen LogP contribution in [-0.2, 0) is 0 Å². The summed E-state index contributed by atoms with van der Waals surface area (Å²) in [6.07, 6.45) is 3.18. The molecule has 3 heteroatoms. The molecule has 1 unspecified atom stereocenters. The van der Waals surface area contributed by atoms with Crippen molar-refractivity contribution >= 4 is 0 Å². The Kier molecular flexibility index (Phi) is 2.56. The summed E-state index contributed by atoms with van der Waals surface area (Å²) in [6.45, 7) is 1.85. The van der Waals surface area contributed by atoms with Crippen LogP contribution in [0.5, 0.6) is 0 Å². The summed E-state index contributed by atoms with van der Waals surface area (Å²) in [5, 5.41) is 0. The van der Waals surface area contributed by atoms with Crippen LogP contribution in [0.25, 0.3) is 0 Å². The average Bonchev–Trinajstić information content (AvgIpc) is 2.69. The topological polar surface area (TPSA) is 39.2 Å². The maximum absolute atomic E-state index is 12.9. The van der Waals surface area contributed by atoms with Gasteiger partial charge in [-0.15, -0.1) is 0 Å². The molecular weight excluding hydrogens is 193 g/mol. The van der Waals surface area contributed by atoms with Crippen molar-refractivity contribution in [3.63, 3.8) is 0 Å². The van der Waals surface area contributed by atoms with Crippen LogP contribution in [0.15, 0.2) is 41.2 Å². The quantitative estimate of drug-likeness (QED) is 0.818. The summed E-state index contributed by atoms with van der Waals surface area (Å²) < 4.78 is 17.9. The fourth-order valence-electron chi connectivity index (χ4n) is 1.62. The summed E-state index contributed by atoms with van der Waals surface area (Å²) in [5.41, 5.74) is 8.69. The molecule has 15 heavy (non-hydrogen) atoms. The Hall–Kier alpha value is -1.61. The summed E-state index contributed by atoms with van der Waals surface area (Å²) in [7, 11) is 0. The van der Waals surface area contributed by atoms with Crippen LogP contribution in [0.1, 0.15) is 22.7 Å². The summed E-state index contributed by atoms with van der Waals surface area (Å²) in [6, 6.07) is 6.16. The molecule has 2 rings (SSSR count). The zero-order chi connectivity index (χ0) is 10.8. The molecule has 2 aromatic rings. The van der Waals surface area contributed by atoms with E-state index < -0.39 is 0 Å². The summed E-state index contributed by atoms with van der Waals surface area (Å²) in [4.78, 5) is 0. The predicted molar refractivity (Wildman–Crippen MR) is 55.9 cm³/mol. The van der Waals surface area contributed by atoms with E-state index in [1.165, 1.54) is 12.1 Å². The van der Waals surface area contributed by atoms with Gasteiger partial charge in [-0.25, -0.2) is 4.39 Å². The van der Waals surface area contributed by atoms with E-state index in [-0.39, 0.29) is 11.9 Å². The number of hydrogen-bond donors (Lipinski definition) is 1. The Labute approximate surface area is 87.5 Å². The molecule has 0 aliphatic rings. The first-order valence-electron chi connectivity index (χ1n) is 4.72. The average molecular weight is 205 g/mol. The Balaban J connectivity index is 2.38. The van der Waals surface area contributed by atoms with Gasteiger partial charge in [-0.3, -0.25) is 0 Å². The van der Waals surface area contributed by atoms with Gasteiger partial charge in [-0.1, -0.05) is 6.07 Å². The van der Waals surface area contributed by atoms with E-state index >= 15 is 0 Å². The second kappa shape index (κ2) is 3.87. The maximum Gasteiger partial charge on any atom is 0.123 e. The highest BCUT2D eigenvalue weighted by Gasteiger charge is 2.12. The molecular formula is C12H12FNO. The van der Waals surface area contributed by atoms with Crippen LogP contribution >= 0.6 is 0 Å². The number of halogens is 1. The van der Waals surface area contributed by atoms with Gasteiger partial charge in [-0.05, 0) is 36.2 Å². The largest absolute Gasteiger partial charge is 0.472 e. The molecule has 2 N–H and O–H groups in total. The molecule has 0 spiro atoms. The van der Waals surface area contributed by atoms with Crippen molar-refractivity contribution in [2.24, 2.45) is 5.73 Å². The van der Waals surface area contributed by atoms with Crippen LogP contribution in [-0.4, -0.2) is 0 Å². The number of rotatable bonds is 2. The lowest BCUT2D eigenvalue weighted by Crippen LogP contribution is -2.12. The van der Waals surface area contributed by atoms with Gasteiger partial charge < -0.3 is 10.2 Å². The van der Waals surface area contributed by atoms with Gasteiger partial charge in [0.2, 0.25) is 0 Å². The van der Waals surface area contributed by atoms with Crippen molar-refractivity contribution in [2.75, 3.05) is 0 Å². The lowest BCUT2D eigenvalue weighted by molar-refractivity contribution is 0.562. The van der Waals surface area contributed by atoms with Crippen molar-refractivity contribution in [2.45, 2.75) is 13.0 Å². The highest BCUT2D eigenvalue weighted by molar-refractivity contribution is 5.35. The minimum Gasteiger partial charge on any atom is -0.472 e. The standard InChI is InChI=1S/C12H12FNO/c1-8-6-10(13)2-3-11(8)12(14)9-4-5-15-7-9/h2-7,12H,14H2,1H3. The fraction of sp³-hybridized carbons (Fsp3) is 0.167. The maximum atomic E-state index is 12.9. The van der Waals surface area contributed by atoms with Crippen LogP contribution in [0.2, 0.25) is 0 Å².